The molecule has 0 fully saturated rings. The van der Waals surface area contributed by atoms with Gasteiger partial charge in [0.05, 0.1) is 18.6 Å². The summed E-state index contributed by atoms with van der Waals surface area (Å²) in [4.78, 5) is 10.8. The van der Waals surface area contributed by atoms with E-state index in [1.54, 1.807) is 6.92 Å². The molecule has 1 aromatic carbocycles. The van der Waals surface area contributed by atoms with Gasteiger partial charge in [-0.05, 0) is 31.5 Å². The number of carboxylic acids is 1. The van der Waals surface area contributed by atoms with Crippen LogP contribution < -0.4 is 9.47 Å². The van der Waals surface area contributed by atoms with Crippen LogP contribution in [-0.2, 0) is 4.79 Å². The molecule has 0 saturated carbocycles. The van der Waals surface area contributed by atoms with E-state index in [-0.39, 0.29) is 23.7 Å². The molecule has 0 aromatic heterocycles. The highest BCUT2D eigenvalue weighted by Crippen LogP contribution is 2.33. The number of benzene rings is 1. The zero-order valence-electron chi connectivity index (χ0n) is 11.0. The summed E-state index contributed by atoms with van der Waals surface area (Å²) in [6.07, 6.45) is -1.27. The van der Waals surface area contributed by atoms with Crippen molar-refractivity contribution < 1.29 is 33.3 Å². The second kappa shape index (κ2) is 7.04. The quantitative estimate of drug-likeness (QED) is 0.806. The van der Waals surface area contributed by atoms with E-state index in [4.69, 9.17) is 9.84 Å². The van der Waals surface area contributed by atoms with Gasteiger partial charge in [0.25, 0.3) is 0 Å². The number of hydrogen-bond acceptors (Lipinski definition) is 4. The van der Waals surface area contributed by atoms with E-state index < -0.39 is 24.6 Å². The summed E-state index contributed by atoms with van der Waals surface area (Å²) in [5, 5.41) is 18.7. The molecule has 0 aliphatic heterocycles. The van der Waals surface area contributed by atoms with Crippen LogP contribution in [0.4, 0.5) is 8.78 Å². The van der Waals surface area contributed by atoms with E-state index in [0.29, 0.717) is 0 Å². The number of alkyl halides is 2. The van der Waals surface area contributed by atoms with Gasteiger partial charge in [0.15, 0.2) is 11.5 Å². The molecule has 0 heterocycles. The van der Waals surface area contributed by atoms with Crippen LogP contribution in [0, 0.1) is 5.92 Å². The van der Waals surface area contributed by atoms with E-state index in [9.17, 15) is 18.7 Å². The van der Waals surface area contributed by atoms with Crippen LogP contribution in [0.3, 0.4) is 0 Å². The predicted molar refractivity (Wildman–Crippen MR) is 66.0 cm³/mol. The molecule has 20 heavy (non-hydrogen) atoms. The first-order valence-corrected chi connectivity index (χ1v) is 5.99. The first-order valence-electron chi connectivity index (χ1n) is 5.99. The maximum absolute atomic E-state index is 12.2. The molecule has 5 nitrogen and oxygen atoms in total. The summed E-state index contributed by atoms with van der Waals surface area (Å²) < 4.78 is 33.9. The molecular formula is C13H16F2O5. The Labute approximate surface area is 114 Å². The van der Waals surface area contributed by atoms with E-state index in [0.717, 1.165) is 0 Å². The number of aliphatic carboxylic acids is 1. The van der Waals surface area contributed by atoms with Crippen LogP contribution >= 0.6 is 0 Å². The highest BCUT2D eigenvalue weighted by atomic mass is 19.3. The van der Waals surface area contributed by atoms with Gasteiger partial charge in [0.2, 0.25) is 0 Å². The average molecular weight is 290 g/mol. The number of hydrogen-bond donors (Lipinski definition) is 2. The van der Waals surface area contributed by atoms with Gasteiger partial charge in [-0.2, -0.15) is 8.78 Å². The van der Waals surface area contributed by atoms with E-state index in [2.05, 4.69) is 4.74 Å². The third kappa shape index (κ3) is 4.06. The Balaban J connectivity index is 3.05. The van der Waals surface area contributed by atoms with Crippen molar-refractivity contribution in [2.75, 3.05) is 6.61 Å². The van der Waals surface area contributed by atoms with Gasteiger partial charge in [-0.3, -0.25) is 4.79 Å². The van der Waals surface area contributed by atoms with E-state index >= 15 is 0 Å². The number of carboxylic acid groups (broad SMARTS) is 1. The molecule has 1 aromatic rings. The van der Waals surface area contributed by atoms with Gasteiger partial charge in [0.1, 0.15) is 0 Å². The van der Waals surface area contributed by atoms with Crippen LogP contribution in [0.25, 0.3) is 0 Å². The molecule has 2 N–H and O–H groups in total. The maximum Gasteiger partial charge on any atom is 0.387 e. The number of aliphatic hydroxyl groups is 1. The molecule has 112 valence electrons. The Morgan fingerprint density at radius 1 is 1.35 bits per heavy atom. The standard InChI is InChI=1S/C13H16F2O5/c1-3-19-10-6-8(11(16)7(2)12(17)18)4-5-9(10)20-13(14)15/h4-7,11,13,16H,3H2,1-2H3,(H,17,18). The molecule has 0 bridgehead atoms. The lowest BCUT2D eigenvalue weighted by Crippen LogP contribution is -2.18. The summed E-state index contributed by atoms with van der Waals surface area (Å²) in [7, 11) is 0. The number of halogens is 2. The molecule has 0 amide bonds. The average Bonchev–Trinajstić information content (AvgIpc) is 2.38. The third-order valence-corrected chi connectivity index (χ3v) is 2.69. The SMILES string of the molecule is CCOc1cc(C(O)C(C)C(=O)O)ccc1OC(F)F. The van der Waals surface area contributed by atoms with Crippen molar-refractivity contribution >= 4 is 5.97 Å². The molecule has 0 spiro atoms. The van der Waals surface area contributed by atoms with Gasteiger partial charge in [-0.1, -0.05) is 6.07 Å². The van der Waals surface area contributed by atoms with Gasteiger partial charge >= 0.3 is 12.6 Å². The van der Waals surface area contributed by atoms with Crippen molar-refractivity contribution in [2.45, 2.75) is 26.6 Å². The molecule has 0 aliphatic carbocycles. The van der Waals surface area contributed by atoms with Gasteiger partial charge in [-0.15, -0.1) is 0 Å². The van der Waals surface area contributed by atoms with E-state index in [1.165, 1.54) is 25.1 Å². The number of carbonyl (C=O) groups is 1. The third-order valence-electron chi connectivity index (χ3n) is 2.69. The molecule has 2 unspecified atom stereocenters. The Morgan fingerprint density at radius 2 is 2.00 bits per heavy atom. The summed E-state index contributed by atoms with van der Waals surface area (Å²) >= 11 is 0. The first-order chi connectivity index (χ1) is 9.36. The minimum Gasteiger partial charge on any atom is -0.490 e. The normalized spacial score (nSPS) is 13.9. The molecular weight excluding hydrogens is 274 g/mol. The lowest BCUT2D eigenvalue weighted by Gasteiger charge is -2.18. The smallest absolute Gasteiger partial charge is 0.387 e. The Hall–Kier alpha value is -1.89. The van der Waals surface area contributed by atoms with Crippen molar-refractivity contribution in [2.24, 2.45) is 5.92 Å². The minimum absolute atomic E-state index is 0.0296. The number of rotatable bonds is 7. The monoisotopic (exact) mass is 290 g/mol. The largest absolute Gasteiger partial charge is 0.490 e. The van der Waals surface area contributed by atoms with Crippen molar-refractivity contribution in [1.29, 1.82) is 0 Å². The highest BCUT2D eigenvalue weighted by molar-refractivity contribution is 5.70. The fourth-order valence-corrected chi connectivity index (χ4v) is 1.59. The zero-order chi connectivity index (χ0) is 15.3. The van der Waals surface area contributed by atoms with Crippen molar-refractivity contribution in [3.05, 3.63) is 23.8 Å². The fraction of sp³-hybridized carbons (Fsp3) is 0.462. The van der Waals surface area contributed by atoms with Crippen LogP contribution in [0.1, 0.15) is 25.5 Å². The number of aliphatic hydroxyl groups excluding tert-OH is 1. The zero-order valence-corrected chi connectivity index (χ0v) is 11.0. The lowest BCUT2D eigenvalue weighted by molar-refractivity contribution is -0.145. The summed E-state index contributed by atoms with van der Waals surface area (Å²) in [6, 6.07) is 3.83. The predicted octanol–water partition coefficient (Wildman–Crippen LogP) is 2.44. The van der Waals surface area contributed by atoms with Crippen LogP contribution in [-0.4, -0.2) is 29.4 Å². The minimum atomic E-state index is -3.00. The summed E-state index contributed by atoms with van der Waals surface area (Å²) in [5.41, 5.74) is 0.255. The van der Waals surface area contributed by atoms with Gasteiger partial charge in [0, 0.05) is 0 Å². The molecule has 1 rings (SSSR count). The number of ether oxygens (including phenoxy) is 2. The molecule has 0 saturated heterocycles. The second-order valence-corrected chi connectivity index (χ2v) is 4.09. The van der Waals surface area contributed by atoms with Gasteiger partial charge in [-0.25, -0.2) is 0 Å². The second-order valence-electron chi connectivity index (χ2n) is 4.09. The maximum atomic E-state index is 12.2. The molecule has 0 aliphatic rings. The van der Waals surface area contributed by atoms with E-state index in [1.807, 2.05) is 0 Å². The van der Waals surface area contributed by atoms with Crippen LogP contribution in [0.15, 0.2) is 18.2 Å². The van der Waals surface area contributed by atoms with Gasteiger partial charge < -0.3 is 19.7 Å². The first kappa shape index (κ1) is 16.2. The van der Waals surface area contributed by atoms with Crippen molar-refractivity contribution in [1.82, 2.24) is 0 Å². The summed E-state index contributed by atoms with van der Waals surface area (Å²) in [6.45, 7) is 0.225. The fourth-order valence-electron chi connectivity index (χ4n) is 1.59. The van der Waals surface area contributed by atoms with Crippen LogP contribution in [0.5, 0.6) is 11.5 Å². The topological polar surface area (TPSA) is 76.0 Å². The lowest BCUT2D eigenvalue weighted by atomic mass is 9.97. The highest BCUT2D eigenvalue weighted by Gasteiger charge is 2.24. The Kier molecular flexibility index (Phi) is 5.69. The van der Waals surface area contributed by atoms with Crippen LogP contribution in [0.2, 0.25) is 0 Å². The Morgan fingerprint density at radius 3 is 2.50 bits per heavy atom. The summed E-state index contributed by atoms with van der Waals surface area (Å²) in [5.74, 6) is -2.34. The molecule has 2 atom stereocenters. The van der Waals surface area contributed by atoms with Crippen molar-refractivity contribution in [3.63, 3.8) is 0 Å². The Bertz CT molecular complexity index is 464. The molecule has 0 radical (unpaired) electrons. The van der Waals surface area contributed by atoms with Crippen molar-refractivity contribution in [3.8, 4) is 11.5 Å². The molecule has 7 heteroatoms.